The van der Waals surface area contributed by atoms with Crippen molar-refractivity contribution in [2.75, 3.05) is 0 Å². The minimum atomic E-state index is -1.15. The molecule has 0 saturated carbocycles. The molecule has 1 aromatic rings. The zero-order valence-electron chi connectivity index (χ0n) is 17.4. The van der Waals surface area contributed by atoms with Gasteiger partial charge in [0.2, 0.25) is 11.8 Å². The summed E-state index contributed by atoms with van der Waals surface area (Å²) in [5, 5.41) is 25.0. The van der Waals surface area contributed by atoms with Crippen molar-refractivity contribution in [3.63, 3.8) is 0 Å². The molecule has 0 radical (unpaired) electrons. The summed E-state index contributed by atoms with van der Waals surface area (Å²) in [7, 11) is 0. The number of likely N-dealkylation sites (tertiary alicyclic amines) is 1. The highest BCUT2D eigenvalue weighted by Gasteiger charge is 2.33. The lowest BCUT2D eigenvalue weighted by molar-refractivity contribution is -0.159. The minimum absolute atomic E-state index is 0.267. The van der Waals surface area contributed by atoms with Gasteiger partial charge in [-0.15, -0.1) is 0 Å². The van der Waals surface area contributed by atoms with Crippen LogP contribution >= 0.6 is 0 Å². The number of rotatable bonds is 6. The maximum absolute atomic E-state index is 11.2. The van der Waals surface area contributed by atoms with Gasteiger partial charge in [-0.3, -0.25) is 24.1 Å². The van der Waals surface area contributed by atoms with Crippen molar-refractivity contribution in [3.05, 3.63) is 35.9 Å². The molecular weight excluding hydrogens is 410 g/mol. The molecule has 0 aromatic heterocycles. The molecule has 31 heavy (non-hydrogen) atoms. The number of amides is 2. The highest BCUT2D eigenvalue weighted by molar-refractivity contribution is 6.00. The number of nitrogens with two attached hydrogens (primary N) is 2. The summed E-state index contributed by atoms with van der Waals surface area (Å²) in [6.07, 6.45) is 1.45. The lowest BCUT2D eigenvalue weighted by Crippen LogP contribution is -2.49. The third-order valence-corrected chi connectivity index (χ3v) is 4.07. The van der Waals surface area contributed by atoms with E-state index in [4.69, 9.17) is 26.8 Å². The Kier molecular flexibility index (Phi) is 12.4. The fourth-order valence-corrected chi connectivity index (χ4v) is 2.27. The van der Waals surface area contributed by atoms with E-state index in [0.717, 1.165) is 10.5 Å². The van der Waals surface area contributed by atoms with Gasteiger partial charge in [0.1, 0.15) is 18.1 Å². The van der Waals surface area contributed by atoms with Gasteiger partial charge in [0.05, 0.1) is 0 Å². The fourth-order valence-electron chi connectivity index (χ4n) is 2.27. The molecule has 11 nitrogen and oxygen atoms in total. The summed E-state index contributed by atoms with van der Waals surface area (Å²) in [5.41, 5.74) is 11.1. The van der Waals surface area contributed by atoms with Crippen molar-refractivity contribution in [2.24, 2.45) is 11.5 Å². The Balaban J connectivity index is 0.000000466. The Hall–Kier alpha value is -3.31. The zero-order chi connectivity index (χ0) is 24.1. The van der Waals surface area contributed by atoms with Crippen LogP contribution in [0.15, 0.2) is 30.3 Å². The fraction of sp³-hybridized carbons (Fsp3) is 0.450. The van der Waals surface area contributed by atoms with Gasteiger partial charge >= 0.3 is 17.9 Å². The summed E-state index contributed by atoms with van der Waals surface area (Å²) in [4.78, 5) is 53.7. The van der Waals surface area contributed by atoms with E-state index >= 15 is 0 Å². The van der Waals surface area contributed by atoms with Crippen LogP contribution in [0.1, 0.15) is 38.7 Å². The number of imide groups is 1. The summed E-state index contributed by atoms with van der Waals surface area (Å²) in [6.45, 7) is 2.76. The Labute approximate surface area is 179 Å². The second-order valence-corrected chi connectivity index (χ2v) is 6.79. The van der Waals surface area contributed by atoms with E-state index in [0.29, 0.717) is 12.8 Å². The molecule has 172 valence electrons. The number of benzene rings is 1. The first-order valence-electron chi connectivity index (χ1n) is 9.46. The number of piperidine rings is 1. The van der Waals surface area contributed by atoms with Crippen LogP contribution in [-0.4, -0.2) is 68.1 Å². The van der Waals surface area contributed by atoms with Gasteiger partial charge in [-0.05, 0) is 32.3 Å². The second kappa shape index (κ2) is 13.8. The molecule has 3 atom stereocenters. The Morgan fingerprint density at radius 3 is 1.71 bits per heavy atom. The molecule has 1 aliphatic rings. The normalized spacial score (nSPS) is 15.9. The summed E-state index contributed by atoms with van der Waals surface area (Å²) >= 11 is 0. The molecule has 0 unspecified atom stereocenters. The third-order valence-electron chi connectivity index (χ3n) is 4.07. The monoisotopic (exact) mass is 439 g/mol. The Bertz CT molecular complexity index is 751. The third kappa shape index (κ3) is 10.9. The largest absolute Gasteiger partial charge is 0.480 e. The van der Waals surface area contributed by atoms with E-state index in [1.165, 1.54) is 13.8 Å². The lowest BCUT2D eigenvalue weighted by atomic mass is 10.1. The first kappa shape index (κ1) is 27.7. The van der Waals surface area contributed by atoms with Crippen LogP contribution < -0.4 is 11.5 Å². The van der Waals surface area contributed by atoms with E-state index in [2.05, 4.69) is 0 Å². The molecule has 2 rings (SSSR count). The SMILES string of the molecule is C[C@@H](C(=O)O)N1C(=O)CCCC1=O.C[C@H](N)C(=O)O.N[C@@H](Cc1ccccc1)C(=O)O. The number of carboxylic acids is 3. The van der Waals surface area contributed by atoms with Crippen LogP contribution in [0, 0.1) is 0 Å². The van der Waals surface area contributed by atoms with Crippen molar-refractivity contribution in [1.29, 1.82) is 0 Å². The number of carbonyl (C=O) groups is 5. The van der Waals surface area contributed by atoms with Crippen LogP contribution in [0.3, 0.4) is 0 Å². The van der Waals surface area contributed by atoms with Gasteiger partial charge in [-0.1, -0.05) is 30.3 Å². The first-order valence-corrected chi connectivity index (χ1v) is 9.46. The molecule has 0 bridgehead atoms. The molecular formula is C20H29N3O8. The smallest absolute Gasteiger partial charge is 0.326 e. The van der Waals surface area contributed by atoms with Crippen molar-refractivity contribution < 1.29 is 39.3 Å². The molecule has 0 aliphatic carbocycles. The van der Waals surface area contributed by atoms with Gasteiger partial charge in [0.15, 0.2) is 0 Å². The predicted octanol–water partition coefficient (Wildman–Crippen LogP) is 0.0578. The number of aliphatic carboxylic acids is 3. The maximum atomic E-state index is 11.2. The molecule has 2 amide bonds. The average Bonchev–Trinajstić information content (AvgIpc) is 2.69. The Morgan fingerprint density at radius 1 is 0.903 bits per heavy atom. The van der Waals surface area contributed by atoms with E-state index in [9.17, 15) is 24.0 Å². The van der Waals surface area contributed by atoms with E-state index in [1.807, 2.05) is 30.3 Å². The van der Waals surface area contributed by atoms with Crippen molar-refractivity contribution in [2.45, 2.75) is 57.7 Å². The Morgan fingerprint density at radius 2 is 1.35 bits per heavy atom. The number of carbonyl (C=O) groups excluding carboxylic acids is 2. The molecule has 1 aliphatic heterocycles. The molecule has 1 heterocycles. The summed E-state index contributed by atoms with van der Waals surface area (Å²) in [5.74, 6) is -3.84. The molecule has 7 N–H and O–H groups in total. The molecule has 0 spiro atoms. The van der Waals surface area contributed by atoms with E-state index in [1.54, 1.807) is 0 Å². The van der Waals surface area contributed by atoms with Crippen molar-refractivity contribution in [1.82, 2.24) is 4.90 Å². The minimum Gasteiger partial charge on any atom is -0.480 e. The zero-order valence-corrected chi connectivity index (χ0v) is 17.4. The highest BCUT2D eigenvalue weighted by Crippen LogP contribution is 2.15. The number of nitrogens with zero attached hydrogens (tertiary/aromatic N) is 1. The number of hydrogen-bond acceptors (Lipinski definition) is 7. The molecule has 1 saturated heterocycles. The van der Waals surface area contributed by atoms with Crippen LogP contribution in [0.25, 0.3) is 0 Å². The van der Waals surface area contributed by atoms with Crippen molar-refractivity contribution in [3.8, 4) is 0 Å². The average molecular weight is 439 g/mol. The van der Waals surface area contributed by atoms with Crippen LogP contribution in [0.5, 0.6) is 0 Å². The number of hydrogen-bond donors (Lipinski definition) is 5. The highest BCUT2D eigenvalue weighted by atomic mass is 16.4. The van der Waals surface area contributed by atoms with Gasteiger partial charge in [-0.25, -0.2) is 4.79 Å². The van der Waals surface area contributed by atoms with Crippen LogP contribution in [0.4, 0.5) is 0 Å². The van der Waals surface area contributed by atoms with Crippen molar-refractivity contribution >= 4 is 29.7 Å². The standard InChI is InChI=1S/C9H11NO2.C8H11NO4.C3H7NO2/c10-8(9(11)12)6-7-4-2-1-3-5-7;1-5(8(12)13)9-6(10)3-2-4-7(9)11;1-2(4)3(5)6/h1-5,8H,6,10H2,(H,11,12);5H,2-4H2,1H3,(H,12,13);2H,4H2,1H3,(H,5,6)/t8-;5-;2-/m000/s1. The van der Waals surface area contributed by atoms with Gasteiger partial charge < -0.3 is 26.8 Å². The van der Waals surface area contributed by atoms with E-state index in [-0.39, 0.29) is 24.7 Å². The maximum Gasteiger partial charge on any atom is 0.326 e. The first-order chi connectivity index (χ1) is 14.4. The summed E-state index contributed by atoms with van der Waals surface area (Å²) < 4.78 is 0. The topological polar surface area (TPSA) is 201 Å². The summed E-state index contributed by atoms with van der Waals surface area (Å²) in [6, 6.07) is 6.77. The predicted molar refractivity (Wildman–Crippen MR) is 110 cm³/mol. The quantitative estimate of drug-likeness (QED) is 0.377. The molecule has 1 aromatic carbocycles. The lowest BCUT2D eigenvalue weighted by Gasteiger charge is -2.27. The van der Waals surface area contributed by atoms with Crippen LogP contribution in [-0.2, 0) is 30.4 Å². The van der Waals surface area contributed by atoms with Gasteiger partial charge in [0, 0.05) is 12.8 Å². The van der Waals surface area contributed by atoms with Crippen LogP contribution in [0.2, 0.25) is 0 Å². The second-order valence-electron chi connectivity index (χ2n) is 6.79. The van der Waals surface area contributed by atoms with E-state index < -0.39 is 36.0 Å². The molecule has 1 fully saturated rings. The van der Waals surface area contributed by atoms with Gasteiger partial charge in [0.25, 0.3) is 0 Å². The number of carboxylic acid groups (broad SMARTS) is 3. The molecule has 11 heteroatoms. The van der Waals surface area contributed by atoms with Gasteiger partial charge in [-0.2, -0.15) is 0 Å².